The van der Waals surface area contributed by atoms with E-state index in [1.165, 1.54) is 25.0 Å². The lowest BCUT2D eigenvalue weighted by Gasteiger charge is -2.09. The highest BCUT2D eigenvalue weighted by molar-refractivity contribution is 7.80. The number of hydrogen-bond donors (Lipinski definition) is 2. The molecule has 1 rings (SSSR count). The standard InChI is InChI=1S/C12H17FN2S/c1-2-3-4-9-14-12(16)15-11-7-5-10(13)6-8-11/h5-8H,2-4,9H2,1H3,(H2,14,15,16). The molecule has 0 saturated heterocycles. The minimum absolute atomic E-state index is 0.243. The van der Waals surface area contributed by atoms with E-state index in [2.05, 4.69) is 17.6 Å². The van der Waals surface area contributed by atoms with E-state index >= 15 is 0 Å². The second-order valence-corrected chi connectivity index (χ2v) is 4.00. The lowest BCUT2D eigenvalue weighted by molar-refractivity contribution is 0.628. The summed E-state index contributed by atoms with van der Waals surface area (Å²) >= 11 is 5.10. The fourth-order valence-corrected chi connectivity index (χ4v) is 1.51. The zero-order valence-corrected chi connectivity index (χ0v) is 10.2. The Balaban J connectivity index is 2.26. The van der Waals surface area contributed by atoms with Gasteiger partial charge in [-0.3, -0.25) is 0 Å². The van der Waals surface area contributed by atoms with Crippen LogP contribution in [0.1, 0.15) is 26.2 Å². The first-order valence-corrected chi connectivity index (χ1v) is 5.93. The molecular formula is C12H17FN2S. The van der Waals surface area contributed by atoms with Crippen LogP contribution in [-0.2, 0) is 0 Å². The van der Waals surface area contributed by atoms with Gasteiger partial charge in [0.25, 0.3) is 0 Å². The molecule has 4 heteroatoms. The number of nitrogens with one attached hydrogen (secondary N) is 2. The first-order valence-electron chi connectivity index (χ1n) is 5.53. The van der Waals surface area contributed by atoms with Crippen molar-refractivity contribution in [3.8, 4) is 0 Å². The smallest absolute Gasteiger partial charge is 0.170 e. The molecule has 0 amide bonds. The number of hydrogen-bond acceptors (Lipinski definition) is 1. The van der Waals surface area contributed by atoms with E-state index in [1.54, 1.807) is 12.1 Å². The molecule has 1 aromatic carbocycles. The third kappa shape index (κ3) is 5.07. The van der Waals surface area contributed by atoms with Crippen LogP contribution in [0, 0.1) is 5.82 Å². The van der Waals surface area contributed by atoms with Crippen LogP contribution in [0.25, 0.3) is 0 Å². The predicted molar refractivity (Wildman–Crippen MR) is 70.1 cm³/mol. The van der Waals surface area contributed by atoms with Crippen molar-refractivity contribution >= 4 is 23.0 Å². The number of unbranched alkanes of at least 4 members (excludes halogenated alkanes) is 2. The first kappa shape index (κ1) is 12.9. The molecule has 0 aliphatic rings. The SMILES string of the molecule is CCCCCNC(=S)Nc1ccc(F)cc1. The van der Waals surface area contributed by atoms with Crippen LogP contribution in [0.15, 0.2) is 24.3 Å². The third-order valence-electron chi connectivity index (χ3n) is 2.17. The molecule has 0 bridgehead atoms. The van der Waals surface area contributed by atoms with Crippen LogP contribution >= 0.6 is 12.2 Å². The van der Waals surface area contributed by atoms with Crippen LogP contribution in [-0.4, -0.2) is 11.7 Å². The van der Waals surface area contributed by atoms with Crippen LogP contribution in [0.3, 0.4) is 0 Å². The Kier molecular flexibility index (Phi) is 5.78. The number of halogens is 1. The maximum atomic E-state index is 12.6. The fourth-order valence-electron chi connectivity index (χ4n) is 1.29. The summed E-state index contributed by atoms with van der Waals surface area (Å²) in [5.41, 5.74) is 0.800. The second-order valence-electron chi connectivity index (χ2n) is 3.59. The molecule has 0 saturated carbocycles. The quantitative estimate of drug-likeness (QED) is 0.610. The van der Waals surface area contributed by atoms with Gasteiger partial charge in [-0.25, -0.2) is 4.39 Å². The average Bonchev–Trinajstić information content (AvgIpc) is 2.28. The molecule has 0 heterocycles. The van der Waals surface area contributed by atoms with E-state index in [9.17, 15) is 4.39 Å². The van der Waals surface area contributed by atoms with Crippen molar-refractivity contribution in [1.29, 1.82) is 0 Å². The number of thiocarbonyl (C=S) groups is 1. The van der Waals surface area contributed by atoms with Gasteiger partial charge in [-0.2, -0.15) is 0 Å². The Hall–Kier alpha value is -1.16. The molecule has 88 valence electrons. The molecule has 0 aromatic heterocycles. The van der Waals surface area contributed by atoms with Crippen LogP contribution in [0.2, 0.25) is 0 Å². The van der Waals surface area contributed by atoms with E-state index in [1.807, 2.05) is 0 Å². The number of anilines is 1. The van der Waals surface area contributed by atoms with Crippen molar-refractivity contribution in [3.05, 3.63) is 30.1 Å². The van der Waals surface area contributed by atoms with Crippen molar-refractivity contribution in [2.45, 2.75) is 26.2 Å². The summed E-state index contributed by atoms with van der Waals surface area (Å²) in [4.78, 5) is 0. The minimum Gasteiger partial charge on any atom is -0.362 e. The molecule has 16 heavy (non-hydrogen) atoms. The summed E-state index contributed by atoms with van der Waals surface area (Å²) in [5, 5.41) is 6.69. The van der Waals surface area contributed by atoms with Crippen molar-refractivity contribution in [2.75, 3.05) is 11.9 Å². The van der Waals surface area contributed by atoms with Gasteiger partial charge in [0.05, 0.1) is 0 Å². The largest absolute Gasteiger partial charge is 0.362 e. The summed E-state index contributed by atoms with van der Waals surface area (Å²) < 4.78 is 12.6. The Bertz CT molecular complexity index is 324. The number of rotatable bonds is 5. The zero-order chi connectivity index (χ0) is 11.8. The van der Waals surface area contributed by atoms with Gasteiger partial charge in [-0.15, -0.1) is 0 Å². The van der Waals surface area contributed by atoms with Gasteiger partial charge in [0.1, 0.15) is 5.82 Å². The molecule has 2 nitrogen and oxygen atoms in total. The molecule has 0 spiro atoms. The maximum absolute atomic E-state index is 12.6. The molecule has 2 N–H and O–H groups in total. The molecule has 0 unspecified atom stereocenters. The highest BCUT2D eigenvalue weighted by Crippen LogP contribution is 2.07. The summed E-state index contributed by atoms with van der Waals surface area (Å²) in [6.07, 6.45) is 3.51. The average molecular weight is 240 g/mol. The van der Waals surface area contributed by atoms with Crippen LogP contribution < -0.4 is 10.6 Å². The summed E-state index contributed by atoms with van der Waals surface area (Å²) in [5.74, 6) is -0.243. The van der Waals surface area contributed by atoms with Crippen molar-refractivity contribution in [1.82, 2.24) is 5.32 Å². The third-order valence-corrected chi connectivity index (χ3v) is 2.41. The highest BCUT2D eigenvalue weighted by Gasteiger charge is 1.97. The normalized spacial score (nSPS) is 9.88. The molecule has 0 atom stereocenters. The second kappa shape index (κ2) is 7.17. The van der Waals surface area contributed by atoms with Gasteiger partial charge in [0.2, 0.25) is 0 Å². The summed E-state index contributed by atoms with van der Waals surface area (Å²) in [7, 11) is 0. The summed E-state index contributed by atoms with van der Waals surface area (Å²) in [6, 6.07) is 6.13. The molecule has 1 aromatic rings. The van der Waals surface area contributed by atoms with E-state index < -0.39 is 0 Å². The van der Waals surface area contributed by atoms with Gasteiger partial charge >= 0.3 is 0 Å². The molecular weight excluding hydrogens is 223 g/mol. The summed E-state index contributed by atoms with van der Waals surface area (Å²) in [6.45, 7) is 3.04. The van der Waals surface area contributed by atoms with Crippen LogP contribution in [0.4, 0.5) is 10.1 Å². The van der Waals surface area contributed by atoms with Crippen molar-refractivity contribution in [3.63, 3.8) is 0 Å². The zero-order valence-electron chi connectivity index (χ0n) is 9.42. The lowest BCUT2D eigenvalue weighted by Crippen LogP contribution is -2.29. The number of benzene rings is 1. The van der Waals surface area contributed by atoms with E-state index in [-0.39, 0.29) is 5.82 Å². The highest BCUT2D eigenvalue weighted by atomic mass is 32.1. The van der Waals surface area contributed by atoms with Crippen molar-refractivity contribution < 1.29 is 4.39 Å². The van der Waals surface area contributed by atoms with E-state index in [0.717, 1.165) is 18.7 Å². The molecule has 0 radical (unpaired) electrons. The Labute approximate surface area is 101 Å². The maximum Gasteiger partial charge on any atom is 0.170 e. The van der Waals surface area contributed by atoms with Crippen LogP contribution in [0.5, 0.6) is 0 Å². The molecule has 0 fully saturated rings. The minimum atomic E-state index is -0.243. The van der Waals surface area contributed by atoms with E-state index in [0.29, 0.717) is 5.11 Å². The molecule has 0 aliphatic carbocycles. The Morgan fingerprint density at radius 3 is 2.56 bits per heavy atom. The fraction of sp³-hybridized carbons (Fsp3) is 0.417. The Morgan fingerprint density at radius 2 is 1.94 bits per heavy atom. The topological polar surface area (TPSA) is 24.1 Å². The van der Waals surface area contributed by atoms with Crippen molar-refractivity contribution in [2.24, 2.45) is 0 Å². The van der Waals surface area contributed by atoms with E-state index in [4.69, 9.17) is 12.2 Å². The Morgan fingerprint density at radius 1 is 1.25 bits per heavy atom. The first-order chi connectivity index (χ1) is 7.72. The predicted octanol–water partition coefficient (Wildman–Crippen LogP) is 3.30. The van der Waals surface area contributed by atoms with Gasteiger partial charge in [0.15, 0.2) is 5.11 Å². The molecule has 0 aliphatic heterocycles. The van der Waals surface area contributed by atoms with Gasteiger partial charge < -0.3 is 10.6 Å². The van der Waals surface area contributed by atoms with Gasteiger partial charge in [0, 0.05) is 12.2 Å². The van der Waals surface area contributed by atoms with Gasteiger partial charge in [-0.05, 0) is 42.9 Å². The van der Waals surface area contributed by atoms with Gasteiger partial charge in [-0.1, -0.05) is 19.8 Å². The monoisotopic (exact) mass is 240 g/mol. The lowest BCUT2D eigenvalue weighted by atomic mass is 10.2.